The van der Waals surface area contributed by atoms with Gasteiger partial charge in [-0.25, -0.2) is 0 Å². The summed E-state index contributed by atoms with van der Waals surface area (Å²) in [6.07, 6.45) is 3.23. The van der Waals surface area contributed by atoms with Crippen LogP contribution in [0.3, 0.4) is 0 Å². The van der Waals surface area contributed by atoms with Crippen molar-refractivity contribution in [3.8, 4) is 0 Å². The maximum atomic E-state index is 5.49. The fourth-order valence-corrected chi connectivity index (χ4v) is 2.04. The molecule has 0 saturated carbocycles. The van der Waals surface area contributed by atoms with E-state index < -0.39 is 0 Å². The molecule has 0 aliphatic carbocycles. The van der Waals surface area contributed by atoms with Gasteiger partial charge in [-0.2, -0.15) is 0 Å². The Morgan fingerprint density at radius 2 is 1.88 bits per heavy atom. The van der Waals surface area contributed by atoms with Gasteiger partial charge in [0.25, 0.3) is 6.61 Å². The summed E-state index contributed by atoms with van der Waals surface area (Å²) in [6.45, 7) is 0.824. The van der Waals surface area contributed by atoms with Gasteiger partial charge >= 0.3 is 5.43 Å². The molecule has 3 rings (SSSR count). The van der Waals surface area contributed by atoms with Crippen molar-refractivity contribution in [2.75, 3.05) is 6.61 Å². The molecule has 1 nitrogen and oxygen atoms in total. The summed E-state index contributed by atoms with van der Waals surface area (Å²) in [5.41, 5.74) is 3.61. The molecule has 1 aliphatic heterocycles. The van der Waals surface area contributed by atoms with E-state index in [4.69, 9.17) is 4.42 Å². The predicted octanol–water partition coefficient (Wildman–Crippen LogP) is 1.69. The van der Waals surface area contributed by atoms with Gasteiger partial charge < -0.3 is 0 Å². The second-order valence-corrected chi connectivity index (χ2v) is 4.02. The molecule has 1 aliphatic rings. The predicted molar refractivity (Wildman–Crippen MR) is 66.5 cm³/mol. The van der Waals surface area contributed by atoms with Crippen molar-refractivity contribution in [1.82, 2.24) is 0 Å². The molecular weight excluding hydrogens is 196 g/mol. The average Bonchev–Trinajstić information content (AvgIpc) is 2.77. The number of fused-ring (bicyclic) bond motifs is 1. The van der Waals surface area contributed by atoms with E-state index in [0.717, 1.165) is 18.5 Å². The van der Waals surface area contributed by atoms with E-state index in [1.807, 2.05) is 6.07 Å². The van der Waals surface area contributed by atoms with Gasteiger partial charge in [0.05, 0.1) is 12.0 Å². The van der Waals surface area contributed by atoms with Crippen molar-refractivity contribution in [2.24, 2.45) is 0 Å². The Balaban J connectivity index is 2.09. The summed E-state index contributed by atoms with van der Waals surface area (Å²) >= 11 is 0. The zero-order valence-corrected chi connectivity index (χ0v) is 9.02. The van der Waals surface area contributed by atoms with E-state index in [9.17, 15) is 0 Å². The third kappa shape index (κ3) is 1.76. The monoisotopic (exact) mass is 209 g/mol. The molecule has 78 valence electrons. The Kier molecular flexibility index (Phi) is 2.30. The minimum absolute atomic E-state index is 0.824. The minimum Gasteiger partial charge on any atom is -0.254 e. The van der Waals surface area contributed by atoms with E-state index in [2.05, 4.69) is 48.5 Å². The number of rotatable bonds is 1. The molecule has 0 spiro atoms. The summed E-state index contributed by atoms with van der Waals surface area (Å²) in [5, 5.41) is 1.25. The van der Waals surface area contributed by atoms with E-state index in [1.165, 1.54) is 16.3 Å². The second-order valence-electron chi connectivity index (χ2n) is 4.02. The van der Waals surface area contributed by atoms with Crippen LogP contribution in [0.4, 0.5) is 0 Å². The van der Waals surface area contributed by atoms with Crippen molar-refractivity contribution in [2.45, 2.75) is 6.42 Å². The first-order valence-electron chi connectivity index (χ1n) is 5.57. The van der Waals surface area contributed by atoms with Gasteiger partial charge in [0, 0.05) is 6.07 Å². The van der Waals surface area contributed by atoms with Gasteiger partial charge in [-0.3, -0.25) is 4.42 Å². The molecular formula is C15H13O+. The summed E-state index contributed by atoms with van der Waals surface area (Å²) < 4.78 is 5.49. The van der Waals surface area contributed by atoms with E-state index >= 15 is 0 Å². The molecule has 0 unspecified atom stereocenters. The first-order valence-corrected chi connectivity index (χ1v) is 5.57. The lowest BCUT2D eigenvalue weighted by Gasteiger charge is -1.91. The number of benzene rings is 2. The summed E-state index contributed by atoms with van der Waals surface area (Å²) in [5.74, 6) is 0. The lowest BCUT2D eigenvalue weighted by Crippen LogP contribution is -2.10. The van der Waals surface area contributed by atoms with Crippen molar-refractivity contribution < 1.29 is 0 Å². The molecule has 0 saturated heterocycles. The number of hydrogen-bond donors (Lipinski definition) is 0. The molecule has 0 fully saturated rings. The maximum absolute atomic E-state index is 5.49. The molecule has 2 aromatic rings. The van der Waals surface area contributed by atoms with E-state index in [1.54, 1.807) is 0 Å². The SMILES string of the molecule is C(/c1ccccc1)=c1/ccc2c(c1)CC[O+]=2. The highest BCUT2D eigenvalue weighted by Crippen LogP contribution is 2.00. The fraction of sp³-hybridized carbons (Fsp3) is 0.133. The molecule has 0 aromatic heterocycles. The van der Waals surface area contributed by atoms with Crippen molar-refractivity contribution in [3.05, 3.63) is 74.7 Å². The molecule has 0 amide bonds. The van der Waals surface area contributed by atoms with Crippen LogP contribution in [0.5, 0.6) is 0 Å². The van der Waals surface area contributed by atoms with Gasteiger partial charge in [0.2, 0.25) is 0 Å². The van der Waals surface area contributed by atoms with Gasteiger partial charge in [-0.15, -0.1) is 0 Å². The van der Waals surface area contributed by atoms with Gasteiger partial charge in [0.1, 0.15) is 0 Å². The zero-order valence-electron chi connectivity index (χ0n) is 9.02. The van der Waals surface area contributed by atoms with Crippen molar-refractivity contribution in [3.63, 3.8) is 0 Å². The van der Waals surface area contributed by atoms with Crippen LogP contribution in [0.25, 0.3) is 6.08 Å². The smallest absolute Gasteiger partial charge is 0.254 e. The Morgan fingerprint density at radius 1 is 1.00 bits per heavy atom. The Labute approximate surface area is 94.4 Å². The first-order chi connectivity index (χ1) is 7.92. The normalized spacial score (nSPS) is 14.6. The van der Waals surface area contributed by atoms with Crippen LogP contribution in [0.15, 0.2) is 53.0 Å². The van der Waals surface area contributed by atoms with Crippen LogP contribution < -0.4 is 10.6 Å². The Hall–Kier alpha value is -1.89. The minimum atomic E-state index is 0.824. The molecule has 0 bridgehead atoms. The Morgan fingerprint density at radius 3 is 2.75 bits per heavy atom. The first kappa shape index (κ1) is 9.34. The highest BCUT2D eigenvalue weighted by atomic mass is 16.4. The Bertz CT molecular complexity index is 612. The number of hydrogen-bond acceptors (Lipinski definition) is 0. The van der Waals surface area contributed by atoms with Crippen LogP contribution in [-0.2, 0) is 6.42 Å². The van der Waals surface area contributed by atoms with Crippen LogP contribution in [0.2, 0.25) is 0 Å². The largest absolute Gasteiger partial charge is 0.347 e. The molecule has 1 heteroatoms. The van der Waals surface area contributed by atoms with Gasteiger partial charge in [-0.05, 0) is 29.0 Å². The lowest BCUT2D eigenvalue weighted by molar-refractivity contribution is 1.11. The van der Waals surface area contributed by atoms with Crippen LogP contribution in [0.1, 0.15) is 11.1 Å². The third-order valence-electron chi connectivity index (χ3n) is 2.85. The highest BCUT2D eigenvalue weighted by Gasteiger charge is 2.13. The second kappa shape index (κ2) is 3.93. The van der Waals surface area contributed by atoms with Gasteiger partial charge in [0.15, 0.2) is 0 Å². The van der Waals surface area contributed by atoms with Crippen molar-refractivity contribution in [1.29, 1.82) is 0 Å². The topological polar surface area (TPSA) is 11.3 Å². The fourth-order valence-electron chi connectivity index (χ4n) is 2.04. The zero-order chi connectivity index (χ0) is 10.8. The average molecular weight is 209 g/mol. The lowest BCUT2D eigenvalue weighted by atomic mass is 10.1. The molecule has 0 N–H and O–H groups in total. The van der Waals surface area contributed by atoms with Gasteiger partial charge in [-0.1, -0.05) is 30.3 Å². The maximum Gasteiger partial charge on any atom is 0.347 e. The molecule has 2 aromatic carbocycles. The van der Waals surface area contributed by atoms with Crippen LogP contribution >= 0.6 is 0 Å². The third-order valence-corrected chi connectivity index (χ3v) is 2.85. The van der Waals surface area contributed by atoms with E-state index in [0.29, 0.717) is 0 Å². The molecule has 16 heavy (non-hydrogen) atoms. The molecule has 0 atom stereocenters. The quantitative estimate of drug-likeness (QED) is 0.633. The van der Waals surface area contributed by atoms with E-state index in [-0.39, 0.29) is 0 Å². The van der Waals surface area contributed by atoms with Crippen LogP contribution in [-0.4, -0.2) is 6.61 Å². The van der Waals surface area contributed by atoms with Crippen LogP contribution in [0, 0.1) is 0 Å². The standard InChI is InChI=1S/C15H13O/c1-2-4-12(5-3-1)10-13-6-7-15-14(11-13)8-9-16-15/h1-7,10-11H,8-9H2/q+1/b13-10+. The summed E-state index contributed by atoms with van der Waals surface area (Å²) in [7, 11) is 0. The summed E-state index contributed by atoms with van der Waals surface area (Å²) in [6, 6.07) is 16.8. The summed E-state index contributed by atoms with van der Waals surface area (Å²) in [4.78, 5) is 0. The molecule has 1 heterocycles. The highest BCUT2D eigenvalue weighted by molar-refractivity contribution is 5.49. The van der Waals surface area contributed by atoms with Crippen molar-refractivity contribution >= 4 is 6.08 Å². The molecule has 0 radical (unpaired) electrons.